The van der Waals surface area contributed by atoms with Gasteiger partial charge in [0.2, 0.25) is 0 Å². The first-order chi connectivity index (χ1) is 17.3. The number of hydrogen-bond donors (Lipinski definition) is 0. The van der Waals surface area contributed by atoms with Crippen LogP contribution in [0.4, 0.5) is 0 Å². The van der Waals surface area contributed by atoms with Crippen molar-refractivity contribution < 1.29 is 0 Å². The molecule has 0 saturated heterocycles. The molecule has 35 heavy (non-hydrogen) atoms. The van der Waals surface area contributed by atoms with Gasteiger partial charge in [0.25, 0.3) is 0 Å². The third-order valence-electron chi connectivity index (χ3n) is 6.16. The monoisotopic (exact) mass is 462 g/mol. The van der Waals surface area contributed by atoms with Gasteiger partial charge in [-0.15, -0.1) is 0 Å². The van der Waals surface area contributed by atoms with Crippen molar-refractivity contribution in [1.82, 2.24) is 0 Å². The van der Waals surface area contributed by atoms with Crippen LogP contribution in [0.3, 0.4) is 0 Å². The van der Waals surface area contributed by atoms with Gasteiger partial charge in [0.1, 0.15) is 0 Å². The topological polar surface area (TPSA) is 0 Å². The summed E-state index contributed by atoms with van der Waals surface area (Å²) in [6.45, 7) is 0. The Morgan fingerprint density at radius 2 is 0.857 bits per heavy atom. The van der Waals surface area contributed by atoms with Crippen LogP contribution < -0.4 is 0 Å². The molecule has 0 unspecified atom stereocenters. The molecule has 1 heteroatoms. The van der Waals surface area contributed by atoms with Crippen molar-refractivity contribution in [2.45, 2.75) is 0 Å². The van der Waals surface area contributed by atoms with Crippen molar-refractivity contribution in [3.05, 3.63) is 143 Å². The van der Waals surface area contributed by atoms with E-state index in [1.165, 1.54) is 10.8 Å². The minimum atomic E-state index is 0.683. The third-order valence-corrected chi connectivity index (χ3v) is 6.39. The Morgan fingerprint density at radius 1 is 0.400 bits per heavy atom. The van der Waals surface area contributed by atoms with Crippen molar-refractivity contribution in [2.75, 3.05) is 0 Å². The number of fused-ring (bicyclic) bond motifs is 3. The highest BCUT2D eigenvalue weighted by atomic mass is 35.5. The van der Waals surface area contributed by atoms with E-state index in [1.807, 2.05) is 72.8 Å². The Balaban J connectivity index is 1.74. The quantitative estimate of drug-likeness (QED) is 0.156. The van der Waals surface area contributed by atoms with Crippen LogP contribution in [-0.2, 0) is 0 Å². The smallest absolute Gasteiger partial charge is 0.0412 e. The Hall–Kier alpha value is -4.49. The summed E-state index contributed by atoms with van der Waals surface area (Å²) < 4.78 is 0. The van der Waals surface area contributed by atoms with E-state index in [4.69, 9.17) is 11.6 Å². The van der Waals surface area contributed by atoms with Crippen molar-refractivity contribution in [3.8, 4) is 23.7 Å². The Bertz CT molecular complexity index is 1840. The summed E-state index contributed by atoms with van der Waals surface area (Å²) in [7, 11) is 0. The Morgan fingerprint density at radius 3 is 1.40 bits per heavy atom. The maximum absolute atomic E-state index is 6.50. The zero-order valence-corrected chi connectivity index (χ0v) is 19.6. The first-order valence-electron chi connectivity index (χ1n) is 11.5. The molecule has 6 aromatic carbocycles. The van der Waals surface area contributed by atoms with Gasteiger partial charge in [-0.1, -0.05) is 102 Å². The molecule has 0 radical (unpaired) electrons. The zero-order valence-electron chi connectivity index (χ0n) is 18.8. The van der Waals surface area contributed by atoms with Gasteiger partial charge < -0.3 is 0 Å². The van der Waals surface area contributed by atoms with Crippen LogP contribution in [0.15, 0.2) is 115 Å². The van der Waals surface area contributed by atoms with E-state index in [2.05, 4.69) is 66.1 Å². The maximum atomic E-state index is 6.50. The predicted molar refractivity (Wildman–Crippen MR) is 149 cm³/mol. The first-order valence-corrected chi connectivity index (χ1v) is 11.9. The van der Waals surface area contributed by atoms with Gasteiger partial charge in [-0.3, -0.25) is 0 Å². The summed E-state index contributed by atoms with van der Waals surface area (Å²) in [5, 5.41) is 7.28. The maximum Gasteiger partial charge on any atom is 0.0412 e. The van der Waals surface area contributed by atoms with E-state index in [0.29, 0.717) is 5.02 Å². The van der Waals surface area contributed by atoms with Crippen LogP contribution in [0, 0.1) is 23.7 Å². The molecular formula is C34H19Cl. The first kappa shape index (κ1) is 21.1. The van der Waals surface area contributed by atoms with Crippen LogP contribution in [-0.4, -0.2) is 0 Å². The van der Waals surface area contributed by atoms with Crippen LogP contribution in [0.1, 0.15) is 22.3 Å². The number of hydrogen-bond acceptors (Lipinski definition) is 0. The largest absolute Gasteiger partial charge is 0.0843 e. The van der Waals surface area contributed by atoms with E-state index >= 15 is 0 Å². The summed E-state index contributed by atoms with van der Waals surface area (Å²) in [5.74, 6) is 13.7. The molecule has 6 rings (SSSR count). The average Bonchev–Trinajstić information content (AvgIpc) is 2.91. The Labute approximate surface area is 209 Å². The van der Waals surface area contributed by atoms with Gasteiger partial charge in [-0.2, -0.15) is 0 Å². The second-order valence-electron chi connectivity index (χ2n) is 8.42. The lowest BCUT2D eigenvalue weighted by atomic mass is 9.90. The van der Waals surface area contributed by atoms with Crippen molar-refractivity contribution >= 4 is 43.9 Å². The second-order valence-corrected chi connectivity index (χ2v) is 8.85. The molecule has 0 amide bonds. The molecule has 0 fully saturated rings. The molecule has 0 aromatic heterocycles. The van der Waals surface area contributed by atoms with Crippen LogP contribution in [0.25, 0.3) is 32.3 Å². The van der Waals surface area contributed by atoms with Crippen molar-refractivity contribution in [2.24, 2.45) is 0 Å². The lowest BCUT2D eigenvalue weighted by molar-refractivity contribution is 1.64. The number of halogens is 1. The van der Waals surface area contributed by atoms with Crippen molar-refractivity contribution in [3.63, 3.8) is 0 Å². The van der Waals surface area contributed by atoms with Crippen LogP contribution >= 0.6 is 11.6 Å². The molecule has 0 aliphatic carbocycles. The van der Waals surface area contributed by atoms with Crippen LogP contribution in [0.5, 0.6) is 0 Å². The minimum absolute atomic E-state index is 0.683. The fourth-order valence-corrected chi connectivity index (χ4v) is 4.64. The Kier molecular flexibility index (Phi) is 5.44. The van der Waals surface area contributed by atoms with E-state index in [1.54, 1.807) is 0 Å². The molecule has 0 aliphatic heterocycles. The standard InChI is InChI=1S/C34H19Cl/c35-28-17-20-30-29(18-15-24-9-3-1-4-10-24)32-21-26-13-7-8-14-27(26)22-33(32)31(34(30)23-28)19-16-25-11-5-2-6-12-25/h1-14,17,20-23H. The third kappa shape index (κ3) is 4.13. The van der Waals surface area contributed by atoms with E-state index in [9.17, 15) is 0 Å². The summed E-state index contributed by atoms with van der Waals surface area (Å²) in [4.78, 5) is 0. The molecule has 0 N–H and O–H groups in total. The summed E-state index contributed by atoms with van der Waals surface area (Å²) in [6.07, 6.45) is 0. The summed E-state index contributed by atoms with van der Waals surface area (Å²) in [6, 6.07) is 39.0. The van der Waals surface area contributed by atoms with Crippen molar-refractivity contribution in [1.29, 1.82) is 0 Å². The molecule has 0 spiro atoms. The fourth-order valence-electron chi connectivity index (χ4n) is 4.47. The highest BCUT2D eigenvalue weighted by Crippen LogP contribution is 2.36. The summed E-state index contributed by atoms with van der Waals surface area (Å²) in [5.41, 5.74) is 3.92. The molecule has 0 nitrogen and oxygen atoms in total. The zero-order chi connectivity index (χ0) is 23.6. The second kappa shape index (κ2) is 9.04. The average molecular weight is 463 g/mol. The van der Waals surface area contributed by atoms with E-state index in [-0.39, 0.29) is 0 Å². The normalized spacial score (nSPS) is 10.5. The fraction of sp³-hybridized carbons (Fsp3) is 0. The molecular weight excluding hydrogens is 444 g/mol. The summed E-state index contributed by atoms with van der Waals surface area (Å²) >= 11 is 6.50. The molecule has 162 valence electrons. The van der Waals surface area contributed by atoms with Gasteiger partial charge in [-0.05, 0) is 75.5 Å². The van der Waals surface area contributed by atoms with E-state index in [0.717, 1.165) is 43.8 Å². The molecule has 0 heterocycles. The highest BCUT2D eigenvalue weighted by Gasteiger charge is 2.14. The molecule has 6 aromatic rings. The predicted octanol–water partition coefficient (Wildman–Crippen LogP) is 8.60. The lowest BCUT2D eigenvalue weighted by Gasteiger charge is -2.13. The minimum Gasteiger partial charge on any atom is -0.0843 e. The van der Waals surface area contributed by atoms with Gasteiger partial charge in [0.05, 0.1) is 0 Å². The van der Waals surface area contributed by atoms with Gasteiger partial charge in [0, 0.05) is 32.7 Å². The van der Waals surface area contributed by atoms with Crippen LogP contribution in [0.2, 0.25) is 5.02 Å². The molecule has 0 atom stereocenters. The molecule has 0 saturated carbocycles. The molecule has 0 bridgehead atoms. The highest BCUT2D eigenvalue weighted by molar-refractivity contribution is 6.31. The lowest BCUT2D eigenvalue weighted by Crippen LogP contribution is -1.92. The van der Waals surface area contributed by atoms with Gasteiger partial charge >= 0.3 is 0 Å². The molecule has 0 aliphatic rings. The number of benzene rings is 6. The van der Waals surface area contributed by atoms with Gasteiger partial charge in [0.15, 0.2) is 0 Å². The number of rotatable bonds is 0. The van der Waals surface area contributed by atoms with Gasteiger partial charge in [-0.25, -0.2) is 0 Å². The SMILES string of the molecule is Clc1ccc2c(C#Cc3ccccc3)c3cc4ccccc4cc3c(C#Cc3ccccc3)c2c1. The van der Waals surface area contributed by atoms with E-state index < -0.39 is 0 Å².